The molecule has 3 heterocycles. The zero-order chi connectivity index (χ0) is 46.7. The van der Waals surface area contributed by atoms with E-state index in [0.717, 1.165) is 72.9 Å². The van der Waals surface area contributed by atoms with E-state index >= 15 is 0 Å². The highest BCUT2D eigenvalue weighted by Crippen LogP contribution is 2.27. The molecule has 6 rings (SSSR count). The number of rotatable bonds is 7. The first-order valence-electron chi connectivity index (χ1n) is 22.0. The molecule has 3 saturated heterocycles. The lowest BCUT2D eigenvalue weighted by atomic mass is 10.1. The predicted molar refractivity (Wildman–Crippen MR) is 253 cm³/mol. The van der Waals surface area contributed by atoms with Crippen LogP contribution in [0.15, 0.2) is 54.6 Å². The summed E-state index contributed by atoms with van der Waals surface area (Å²) in [5, 5.41) is 21.6. The number of hydrogen-bond donors (Lipinski definition) is 3. The maximum atomic E-state index is 12.1. The van der Waals surface area contributed by atoms with Gasteiger partial charge in [0.05, 0.1) is 27.4 Å². The SMILES string of the molecule is C.CC(C)(C)OC(=O)N1CCC(O)CC1.COc1cc(C)cc(O)c1.COc1cc(C)cc(OC2CCN(C(=O)OC(C)(C)C)CC2)c1.COc1cc(C)cc(OC2CCNCC2)c1. The second kappa shape index (κ2) is 26.6. The summed E-state index contributed by atoms with van der Waals surface area (Å²) >= 11 is 0. The van der Waals surface area contributed by atoms with E-state index in [1.807, 2.05) is 91.8 Å². The van der Waals surface area contributed by atoms with E-state index in [9.17, 15) is 14.7 Å². The third kappa shape index (κ3) is 21.5. The smallest absolute Gasteiger partial charge is 0.410 e. The van der Waals surface area contributed by atoms with Crippen LogP contribution in [0.3, 0.4) is 0 Å². The van der Waals surface area contributed by atoms with Crippen molar-refractivity contribution in [3.05, 3.63) is 71.3 Å². The number of nitrogens with zero attached hydrogens (tertiary/aromatic N) is 2. The molecule has 0 aliphatic carbocycles. The first-order chi connectivity index (χ1) is 29.6. The fourth-order valence-corrected chi connectivity index (χ4v) is 6.80. The second-order valence-corrected chi connectivity index (χ2v) is 18.1. The van der Waals surface area contributed by atoms with Gasteiger partial charge in [0, 0.05) is 57.2 Å². The second-order valence-electron chi connectivity index (χ2n) is 18.1. The molecule has 14 nitrogen and oxygen atoms in total. The quantitative estimate of drug-likeness (QED) is 0.207. The number of likely N-dealkylation sites (tertiary alicyclic amines) is 2. The molecule has 0 aromatic heterocycles. The number of carbonyl (C=O) groups is 2. The van der Waals surface area contributed by atoms with Crippen molar-refractivity contribution >= 4 is 12.2 Å². The fraction of sp³-hybridized carbons (Fsp3) is 0.600. The number of phenolic OH excluding ortho intramolecular Hbond substituents is 1. The summed E-state index contributed by atoms with van der Waals surface area (Å²) in [5.74, 6) is 4.34. The van der Waals surface area contributed by atoms with Gasteiger partial charge in [-0.15, -0.1) is 0 Å². The van der Waals surface area contributed by atoms with Crippen molar-refractivity contribution in [1.82, 2.24) is 15.1 Å². The van der Waals surface area contributed by atoms with Gasteiger partial charge < -0.3 is 58.5 Å². The Hall–Kier alpha value is -5.08. The molecule has 3 fully saturated rings. The molecule has 64 heavy (non-hydrogen) atoms. The van der Waals surface area contributed by atoms with E-state index < -0.39 is 11.2 Å². The number of phenols is 1. The van der Waals surface area contributed by atoms with Crippen LogP contribution < -0.4 is 29.0 Å². The van der Waals surface area contributed by atoms with E-state index in [2.05, 4.69) is 18.3 Å². The monoisotopic (exact) mass is 898 g/mol. The van der Waals surface area contributed by atoms with Gasteiger partial charge in [-0.05, 0) is 154 Å². The molecular weight excluding hydrogens is 819 g/mol. The summed E-state index contributed by atoms with van der Waals surface area (Å²) in [5.41, 5.74) is 2.38. The number of aryl methyl sites for hydroxylation is 3. The minimum atomic E-state index is -0.456. The van der Waals surface area contributed by atoms with Gasteiger partial charge >= 0.3 is 12.2 Å². The molecule has 3 aliphatic heterocycles. The molecule has 2 amide bonds. The molecule has 3 aromatic carbocycles. The van der Waals surface area contributed by atoms with Crippen LogP contribution in [0.4, 0.5) is 9.59 Å². The van der Waals surface area contributed by atoms with E-state index in [-0.39, 0.29) is 37.6 Å². The first kappa shape index (κ1) is 55.1. The Balaban J connectivity index is 0.000000304. The van der Waals surface area contributed by atoms with Crippen molar-refractivity contribution in [2.24, 2.45) is 0 Å². The Morgan fingerprint density at radius 2 is 0.891 bits per heavy atom. The fourth-order valence-electron chi connectivity index (χ4n) is 6.80. The lowest BCUT2D eigenvalue weighted by Gasteiger charge is -2.33. The van der Waals surface area contributed by atoms with Crippen LogP contribution in [0.1, 0.15) is 104 Å². The third-order valence-electron chi connectivity index (χ3n) is 9.89. The lowest BCUT2D eigenvalue weighted by molar-refractivity contribution is 0.00958. The molecule has 0 radical (unpaired) electrons. The molecule has 14 heteroatoms. The van der Waals surface area contributed by atoms with Gasteiger partial charge in [0.25, 0.3) is 0 Å². The molecule has 0 atom stereocenters. The van der Waals surface area contributed by atoms with Crippen molar-refractivity contribution in [3.8, 4) is 34.5 Å². The minimum Gasteiger partial charge on any atom is -0.508 e. The number of aliphatic hydroxyl groups excluding tert-OH is 1. The van der Waals surface area contributed by atoms with Crippen molar-refractivity contribution in [1.29, 1.82) is 0 Å². The number of methoxy groups -OCH3 is 3. The molecule has 3 N–H and O–H groups in total. The number of ether oxygens (including phenoxy) is 7. The average molecular weight is 898 g/mol. The number of nitrogens with one attached hydrogen (secondary N) is 1. The van der Waals surface area contributed by atoms with Gasteiger partial charge in [-0.3, -0.25) is 0 Å². The summed E-state index contributed by atoms with van der Waals surface area (Å²) in [7, 11) is 4.91. The van der Waals surface area contributed by atoms with Crippen LogP contribution >= 0.6 is 0 Å². The molecule has 360 valence electrons. The van der Waals surface area contributed by atoms with Crippen LogP contribution in [-0.4, -0.2) is 122 Å². The number of benzene rings is 3. The van der Waals surface area contributed by atoms with Crippen LogP contribution in [0, 0.1) is 20.8 Å². The highest BCUT2D eigenvalue weighted by Gasteiger charge is 2.28. The topological polar surface area (TPSA) is 158 Å². The zero-order valence-corrected chi connectivity index (χ0v) is 39.9. The Morgan fingerprint density at radius 3 is 1.27 bits per heavy atom. The number of amides is 2. The van der Waals surface area contributed by atoms with Crippen molar-refractivity contribution < 1.29 is 53.0 Å². The molecule has 0 bridgehead atoms. The highest BCUT2D eigenvalue weighted by atomic mass is 16.6. The van der Waals surface area contributed by atoms with E-state index in [4.69, 9.17) is 38.3 Å². The summed E-state index contributed by atoms with van der Waals surface area (Å²) < 4.78 is 38.1. The predicted octanol–water partition coefficient (Wildman–Crippen LogP) is 9.64. The molecule has 0 unspecified atom stereocenters. The number of carbonyl (C=O) groups excluding carboxylic acids is 2. The van der Waals surface area contributed by atoms with Crippen LogP contribution in [-0.2, 0) is 9.47 Å². The van der Waals surface area contributed by atoms with E-state index in [0.29, 0.717) is 50.9 Å². The lowest BCUT2D eigenvalue weighted by Crippen LogP contribution is -2.44. The highest BCUT2D eigenvalue weighted by molar-refractivity contribution is 5.68. The average Bonchev–Trinajstić information content (AvgIpc) is 3.20. The molecular formula is C50H79N3O11. The van der Waals surface area contributed by atoms with Gasteiger partial charge in [0.2, 0.25) is 0 Å². The normalized spacial score (nSPS) is 15.8. The molecule has 3 aromatic rings. The third-order valence-corrected chi connectivity index (χ3v) is 9.89. The van der Waals surface area contributed by atoms with Crippen LogP contribution in [0.25, 0.3) is 0 Å². The van der Waals surface area contributed by atoms with Gasteiger partial charge in [-0.25, -0.2) is 9.59 Å². The van der Waals surface area contributed by atoms with Crippen LogP contribution in [0.5, 0.6) is 34.5 Å². The first-order valence-corrected chi connectivity index (χ1v) is 22.0. The van der Waals surface area contributed by atoms with Gasteiger partial charge in [-0.1, -0.05) is 7.43 Å². The Bertz CT molecular complexity index is 1820. The number of piperidine rings is 3. The number of aliphatic hydroxyl groups is 1. The number of aromatic hydroxyl groups is 1. The summed E-state index contributed by atoms with van der Waals surface area (Å²) in [6.45, 7) is 21.8. The minimum absolute atomic E-state index is 0. The summed E-state index contributed by atoms with van der Waals surface area (Å²) in [6.07, 6.45) is 4.75. The Labute approximate surface area is 383 Å². The zero-order valence-electron chi connectivity index (χ0n) is 39.9. The van der Waals surface area contributed by atoms with Gasteiger partial charge in [0.1, 0.15) is 57.9 Å². The number of hydrogen-bond acceptors (Lipinski definition) is 12. The van der Waals surface area contributed by atoms with Crippen LogP contribution in [0.2, 0.25) is 0 Å². The van der Waals surface area contributed by atoms with Crippen molar-refractivity contribution in [3.63, 3.8) is 0 Å². The largest absolute Gasteiger partial charge is 0.508 e. The van der Waals surface area contributed by atoms with E-state index in [1.54, 1.807) is 43.3 Å². The maximum Gasteiger partial charge on any atom is 0.410 e. The van der Waals surface area contributed by atoms with Crippen molar-refractivity contribution in [2.75, 3.05) is 60.6 Å². The maximum absolute atomic E-state index is 12.1. The summed E-state index contributed by atoms with van der Waals surface area (Å²) in [6, 6.07) is 17.0. The summed E-state index contributed by atoms with van der Waals surface area (Å²) in [4.78, 5) is 27.0. The van der Waals surface area contributed by atoms with E-state index in [1.165, 1.54) is 5.56 Å². The standard InChI is InChI=1S/C18H27NO4.C13H19NO2.C10H19NO3.C8H10O2.CH4/c1-13-10-15(21-5)12-16(11-13)22-14-6-8-19(9-7-14)17(20)23-18(2,3)4;1-10-7-12(15-2)9-13(8-10)16-11-3-5-14-6-4-11;1-10(2,3)14-9(13)11-6-4-8(12)5-7-11;1-6-3-7(9)5-8(4-6)10-2;/h10-12,14H,6-9H2,1-5H3;7-9,11,14H,3-6H2,1-2H3;8,12H,4-7H2,1-3H3;3-5,9H,1-2H3;1H4. The Morgan fingerprint density at radius 1 is 0.547 bits per heavy atom. The van der Waals surface area contributed by atoms with Gasteiger partial charge in [-0.2, -0.15) is 0 Å². The molecule has 0 spiro atoms. The molecule has 3 aliphatic rings. The van der Waals surface area contributed by atoms with Gasteiger partial charge in [0.15, 0.2) is 0 Å². The van der Waals surface area contributed by atoms with Crippen molar-refractivity contribution in [2.45, 2.75) is 138 Å². The molecule has 0 saturated carbocycles. The Kier molecular flexibility index (Phi) is 22.9.